The Morgan fingerprint density at radius 1 is 1.40 bits per heavy atom. The monoisotopic (exact) mass is 140 g/mol. The van der Waals surface area contributed by atoms with Gasteiger partial charge in [0, 0.05) is 26.8 Å². The van der Waals surface area contributed by atoms with Gasteiger partial charge >= 0.3 is 0 Å². The highest BCUT2D eigenvalue weighted by atomic mass is 15.6. The van der Waals surface area contributed by atoms with Crippen LogP contribution < -0.4 is 0 Å². The van der Waals surface area contributed by atoms with Crippen LogP contribution in [-0.2, 0) is 0 Å². The Morgan fingerprint density at radius 2 is 2.00 bits per heavy atom. The molecule has 0 aromatic heterocycles. The van der Waals surface area contributed by atoms with Crippen molar-refractivity contribution in [2.24, 2.45) is 5.92 Å². The summed E-state index contributed by atoms with van der Waals surface area (Å²) in [5, 5.41) is 4.34. The second kappa shape index (κ2) is 2.62. The van der Waals surface area contributed by atoms with Gasteiger partial charge in [-0.1, -0.05) is 13.8 Å². The molecule has 0 radical (unpaired) electrons. The quantitative estimate of drug-likeness (QED) is 0.542. The molecular weight excluding hydrogens is 124 g/mol. The van der Waals surface area contributed by atoms with Crippen molar-refractivity contribution in [3.63, 3.8) is 0 Å². The van der Waals surface area contributed by atoms with Gasteiger partial charge in [-0.25, -0.2) is 5.01 Å². The third-order valence-electron chi connectivity index (χ3n) is 2.04. The van der Waals surface area contributed by atoms with Crippen LogP contribution in [0.15, 0.2) is 11.8 Å². The van der Waals surface area contributed by atoms with Gasteiger partial charge in [0.15, 0.2) is 0 Å². The third kappa shape index (κ3) is 1.32. The van der Waals surface area contributed by atoms with Crippen molar-refractivity contribution < 1.29 is 0 Å². The Morgan fingerprint density at radius 3 is 2.20 bits per heavy atom. The molecule has 1 aliphatic rings. The summed E-state index contributed by atoms with van der Waals surface area (Å²) in [6.45, 7) is 5.56. The molecule has 0 saturated heterocycles. The van der Waals surface area contributed by atoms with E-state index in [4.69, 9.17) is 0 Å². The van der Waals surface area contributed by atoms with Crippen LogP contribution in [0.2, 0.25) is 0 Å². The van der Waals surface area contributed by atoms with Crippen LogP contribution in [-0.4, -0.2) is 30.7 Å². The van der Waals surface area contributed by atoms with E-state index in [0.717, 1.165) is 6.54 Å². The first-order chi connectivity index (χ1) is 4.61. The van der Waals surface area contributed by atoms with Gasteiger partial charge in [-0.3, -0.25) is 0 Å². The second-order valence-electron chi connectivity index (χ2n) is 3.25. The van der Waals surface area contributed by atoms with Gasteiger partial charge in [0.25, 0.3) is 0 Å². The molecule has 0 aromatic rings. The lowest BCUT2D eigenvalue weighted by Crippen LogP contribution is -2.27. The highest BCUT2D eigenvalue weighted by Gasteiger charge is 2.16. The summed E-state index contributed by atoms with van der Waals surface area (Å²) in [5.41, 5.74) is 1.52. The lowest BCUT2D eigenvalue weighted by Gasteiger charge is -2.19. The predicted molar refractivity (Wildman–Crippen MR) is 43.3 cm³/mol. The summed E-state index contributed by atoms with van der Waals surface area (Å²) in [5.74, 6) is 0.687. The predicted octanol–water partition coefficient (Wildman–Crippen LogP) is 1.32. The van der Waals surface area contributed by atoms with Crippen LogP contribution in [0.25, 0.3) is 0 Å². The Balaban J connectivity index is 2.58. The number of hydrogen-bond acceptors (Lipinski definition) is 2. The SMILES string of the molecule is CC(C)C1=CN(C)N(C)C1. The molecule has 0 bridgehead atoms. The molecule has 0 amide bonds. The maximum Gasteiger partial charge on any atom is 0.0408 e. The Labute approximate surface area is 63.1 Å². The van der Waals surface area contributed by atoms with Crippen molar-refractivity contribution >= 4 is 0 Å². The van der Waals surface area contributed by atoms with E-state index in [1.807, 2.05) is 0 Å². The first kappa shape index (κ1) is 7.61. The zero-order chi connectivity index (χ0) is 7.72. The first-order valence-electron chi connectivity index (χ1n) is 3.75. The maximum atomic E-state index is 2.23. The van der Waals surface area contributed by atoms with Crippen LogP contribution in [0.4, 0.5) is 0 Å². The highest BCUT2D eigenvalue weighted by molar-refractivity contribution is 5.09. The molecule has 10 heavy (non-hydrogen) atoms. The molecule has 0 N–H and O–H groups in total. The molecule has 2 nitrogen and oxygen atoms in total. The Hall–Kier alpha value is -0.500. The largest absolute Gasteiger partial charge is 0.316 e. The van der Waals surface area contributed by atoms with E-state index in [9.17, 15) is 0 Å². The maximum absolute atomic E-state index is 2.23. The normalized spacial score (nSPS) is 20.5. The van der Waals surface area contributed by atoms with E-state index in [0.29, 0.717) is 5.92 Å². The average Bonchev–Trinajstić information content (AvgIpc) is 2.13. The van der Waals surface area contributed by atoms with Gasteiger partial charge in [-0.05, 0) is 11.5 Å². The minimum absolute atomic E-state index is 0.687. The fraction of sp³-hybridized carbons (Fsp3) is 0.750. The molecule has 1 rings (SSSR count). The zero-order valence-electron chi connectivity index (χ0n) is 7.26. The van der Waals surface area contributed by atoms with Crippen molar-refractivity contribution in [1.29, 1.82) is 0 Å². The summed E-state index contributed by atoms with van der Waals surface area (Å²) in [7, 11) is 4.18. The third-order valence-corrected chi connectivity index (χ3v) is 2.04. The van der Waals surface area contributed by atoms with Crippen molar-refractivity contribution in [2.75, 3.05) is 20.6 Å². The van der Waals surface area contributed by atoms with Crippen LogP contribution >= 0.6 is 0 Å². The van der Waals surface area contributed by atoms with Gasteiger partial charge in [-0.15, -0.1) is 0 Å². The van der Waals surface area contributed by atoms with Gasteiger partial charge in [0.1, 0.15) is 0 Å². The lowest BCUT2D eigenvalue weighted by atomic mass is 10.1. The van der Waals surface area contributed by atoms with Crippen molar-refractivity contribution in [3.05, 3.63) is 11.8 Å². The number of hydrazine groups is 1. The van der Waals surface area contributed by atoms with Crippen molar-refractivity contribution in [2.45, 2.75) is 13.8 Å². The molecule has 0 aliphatic carbocycles. The molecule has 1 aliphatic heterocycles. The first-order valence-corrected chi connectivity index (χ1v) is 3.75. The fourth-order valence-electron chi connectivity index (χ4n) is 1.09. The van der Waals surface area contributed by atoms with Crippen molar-refractivity contribution in [1.82, 2.24) is 10.0 Å². The molecular formula is C8H16N2. The Kier molecular flexibility index (Phi) is 2.00. The summed E-state index contributed by atoms with van der Waals surface area (Å²) in [6.07, 6.45) is 2.21. The molecule has 2 heteroatoms. The molecule has 0 unspecified atom stereocenters. The summed E-state index contributed by atoms with van der Waals surface area (Å²) in [4.78, 5) is 0. The van der Waals surface area contributed by atoms with E-state index in [1.165, 1.54) is 5.57 Å². The fourth-order valence-corrected chi connectivity index (χ4v) is 1.09. The topological polar surface area (TPSA) is 6.48 Å². The van der Waals surface area contributed by atoms with E-state index in [1.54, 1.807) is 0 Å². The number of rotatable bonds is 1. The minimum atomic E-state index is 0.687. The van der Waals surface area contributed by atoms with Crippen LogP contribution in [0.3, 0.4) is 0 Å². The van der Waals surface area contributed by atoms with Gasteiger partial charge in [0.2, 0.25) is 0 Å². The molecule has 0 spiro atoms. The molecule has 58 valence electrons. The number of hydrogen-bond donors (Lipinski definition) is 0. The minimum Gasteiger partial charge on any atom is -0.316 e. The highest BCUT2D eigenvalue weighted by Crippen LogP contribution is 2.17. The number of likely N-dealkylation sites (N-methyl/N-ethyl adjacent to an activating group) is 1. The summed E-state index contributed by atoms with van der Waals surface area (Å²) < 4.78 is 0. The molecule has 0 fully saturated rings. The van der Waals surface area contributed by atoms with Crippen LogP contribution in [0.5, 0.6) is 0 Å². The molecule has 1 heterocycles. The zero-order valence-corrected chi connectivity index (χ0v) is 7.26. The molecule has 0 atom stereocenters. The van der Waals surface area contributed by atoms with E-state index in [-0.39, 0.29) is 0 Å². The smallest absolute Gasteiger partial charge is 0.0408 e. The standard InChI is InChI=1S/C8H16N2/c1-7(2)8-5-9(3)10(4)6-8/h5,7H,6H2,1-4H3. The average molecular weight is 140 g/mol. The Bertz CT molecular complexity index is 149. The second-order valence-corrected chi connectivity index (χ2v) is 3.25. The van der Waals surface area contributed by atoms with Crippen LogP contribution in [0.1, 0.15) is 13.8 Å². The van der Waals surface area contributed by atoms with E-state index < -0.39 is 0 Å². The summed E-state index contributed by atoms with van der Waals surface area (Å²) >= 11 is 0. The van der Waals surface area contributed by atoms with Gasteiger partial charge in [0.05, 0.1) is 0 Å². The van der Waals surface area contributed by atoms with Gasteiger partial charge < -0.3 is 5.01 Å². The van der Waals surface area contributed by atoms with Gasteiger partial charge in [-0.2, -0.15) is 0 Å². The molecule has 0 saturated carbocycles. The van der Waals surface area contributed by atoms with E-state index in [2.05, 4.69) is 44.2 Å². The summed E-state index contributed by atoms with van der Waals surface area (Å²) in [6, 6.07) is 0. The number of nitrogens with zero attached hydrogens (tertiary/aromatic N) is 2. The lowest BCUT2D eigenvalue weighted by molar-refractivity contribution is 0.115. The van der Waals surface area contributed by atoms with E-state index >= 15 is 0 Å². The van der Waals surface area contributed by atoms with Crippen molar-refractivity contribution in [3.8, 4) is 0 Å². The van der Waals surface area contributed by atoms with Crippen LogP contribution in [0, 0.1) is 5.92 Å². The molecule has 0 aromatic carbocycles.